The lowest BCUT2D eigenvalue weighted by molar-refractivity contribution is -0.130. The van der Waals surface area contributed by atoms with Gasteiger partial charge in [0.1, 0.15) is 59.4 Å². The van der Waals surface area contributed by atoms with Crippen molar-refractivity contribution in [1.29, 1.82) is 15.8 Å². The summed E-state index contributed by atoms with van der Waals surface area (Å²) in [5, 5.41) is 35.6. The molecule has 686 valence electrons. The van der Waals surface area contributed by atoms with Crippen LogP contribution in [0.25, 0.3) is 110 Å². The number of hydrogen-bond acceptors (Lipinski definition) is 22. The number of carbonyl (C=O) groups is 2. The van der Waals surface area contributed by atoms with Gasteiger partial charge in [-0.2, -0.15) is 15.8 Å². The number of aromatic amines is 1. The van der Waals surface area contributed by atoms with Gasteiger partial charge in [-0.3, -0.25) is 9.59 Å². The zero-order chi connectivity index (χ0) is 93.7. The number of amides is 2. The summed E-state index contributed by atoms with van der Waals surface area (Å²) >= 11 is 0. The van der Waals surface area contributed by atoms with Gasteiger partial charge in [0.15, 0.2) is 11.3 Å². The quantitative estimate of drug-likeness (QED) is 0.0631. The molecule has 20 rings (SSSR count). The molecule has 12 heterocycles. The van der Waals surface area contributed by atoms with E-state index in [1.54, 1.807) is 107 Å². The van der Waals surface area contributed by atoms with Crippen molar-refractivity contribution in [2.24, 2.45) is 0 Å². The summed E-state index contributed by atoms with van der Waals surface area (Å²) in [5.41, 5.74) is 15.2. The van der Waals surface area contributed by atoms with Crippen molar-refractivity contribution >= 4 is 82.0 Å². The minimum absolute atomic E-state index is 0.00193. The molecule has 6 aromatic heterocycles. The molecule has 14 aromatic rings. The van der Waals surface area contributed by atoms with Crippen LogP contribution in [0.2, 0.25) is 0 Å². The average Bonchev–Trinajstić information content (AvgIpc) is 1.58. The Morgan fingerprint density at radius 3 is 1.10 bits per heavy atom. The topological polar surface area (TPSA) is 330 Å². The number of anilines is 3. The van der Waals surface area contributed by atoms with Crippen LogP contribution in [0, 0.1) is 47.1 Å². The van der Waals surface area contributed by atoms with E-state index >= 15 is 0 Å². The minimum atomic E-state index is -4.08. The maximum absolute atomic E-state index is 14.3. The lowest BCUT2D eigenvalue weighted by Crippen LogP contribution is -2.49. The highest BCUT2D eigenvalue weighted by atomic mass is 32.2. The van der Waals surface area contributed by atoms with Gasteiger partial charge < -0.3 is 72.9 Å². The molecule has 6 fully saturated rings. The molecule has 29 nitrogen and oxygen atoms in total. The van der Waals surface area contributed by atoms with Crippen LogP contribution in [0.5, 0.6) is 17.2 Å². The highest BCUT2D eigenvalue weighted by molar-refractivity contribution is 7.90. The minimum Gasteiger partial charge on any atom is -0.489 e. The molecular formula is C105H97N17O12S2. The van der Waals surface area contributed by atoms with Crippen molar-refractivity contribution < 1.29 is 54.8 Å². The standard InChI is InChI=1S/C38H34N6O5S.C35H33N5O4S.C32H30N6O3/c1-40-26-37(45)43-19-17-42(18-20-43)30-10-7-27(8-11-30)35-24-34-33(13-16-41-38(34)44(35)50(46,47)32-5-3-2-4-6-32)28-9-12-36(29(23-28)25-39)49-31-14-21-48-22-15-31;36-24-27-22-26(8-11-34(27)44-29-13-20-43-21-14-29)31-12-15-38-35-32(31)23-33(40(35)45(41,42)30-4-2-1-3-5-30)25-6-9-28(10-7-25)39-18-16-37-17-19-39;1-34-21-31(39)38-14-12-37(13-15-38)25-5-2-22(3-6-25)29-19-28-27(8-11-35-32(28)36-29)23-4-7-30(24(18-23)20-33)41-26-9-16-40-17-10-26/h2-13,16,23-24,31H,14-15,17-22,26H2;1-12,15,22-23,29,37H,13-14,16-21H2;2-8,11,18-19,26H,9-10,12-17,21H2,(H,35,36). The Labute approximate surface area is 788 Å². The molecule has 2 N–H and O–H groups in total. The third-order valence-corrected chi connectivity index (χ3v) is 28.9. The molecule has 0 unspecified atom stereocenters. The number of nitrogens with one attached hydrogen (secondary N) is 2. The number of carbonyl (C=O) groups excluding carboxylic acids is 2. The molecule has 0 atom stereocenters. The Bertz CT molecular complexity index is 7190. The number of piperazine rings is 3. The van der Waals surface area contributed by atoms with Crippen LogP contribution in [-0.4, -0.2) is 216 Å². The van der Waals surface area contributed by atoms with Gasteiger partial charge in [0, 0.05) is 175 Å². The Kier molecular flexibility index (Phi) is 27.8. The normalized spacial score (nSPS) is 15.7. The first-order valence-corrected chi connectivity index (χ1v) is 48.4. The molecule has 8 aromatic carbocycles. The van der Waals surface area contributed by atoms with E-state index in [1.165, 1.54) is 7.94 Å². The van der Waals surface area contributed by atoms with Gasteiger partial charge in [-0.1, -0.05) is 91.0 Å². The number of hydrogen-bond donors (Lipinski definition) is 2. The molecule has 2 amide bonds. The van der Waals surface area contributed by atoms with Gasteiger partial charge >= 0.3 is 11.8 Å². The van der Waals surface area contributed by atoms with Crippen molar-refractivity contribution in [3.8, 4) is 103 Å². The summed E-state index contributed by atoms with van der Waals surface area (Å²) in [7, 11) is -8.10. The second-order valence-electron chi connectivity index (χ2n) is 33.7. The van der Waals surface area contributed by atoms with Crippen molar-refractivity contribution in [2.45, 2.75) is 66.6 Å². The third kappa shape index (κ3) is 19.9. The maximum Gasteiger partial charge on any atom is 0.302 e. The molecule has 0 aliphatic carbocycles. The fourth-order valence-electron chi connectivity index (χ4n) is 18.2. The molecule has 31 heteroatoms. The van der Waals surface area contributed by atoms with Gasteiger partial charge in [0.25, 0.3) is 33.1 Å². The predicted molar refractivity (Wildman–Crippen MR) is 519 cm³/mol. The molecule has 0 radical (unpaired) electrons. The molecule has 6 aliphatic heterocycles. The van der Waals surface area contributed by atoms with Crippen LogP contribution in [0.1, 0.15) is 55.2 Å². The van der Waals surface area contributed by atoms with Crippen molar-refractivity contribution in [3.63, 3.8) is 0 Å². The Morgan fingerprint density at radius 1 is 0.397 bits per heavy atom. The van der Waals surface area contributed by atoms with Gasteiger partial charge in [-0.05, 0) is 184 Å². The number of H-pyrrole nitrogens is 1. The van der Waals surface area contributed by atoms with Crippen LogP contribution in [0.3, 0.4) is 0 Å². The van der Waals surface area contributed by atoms with E-state index in [2.05, 4.69) is 98.2 Å². The lowest BCUT2D eigenvalue weighted by Gasteiger charge is -2.35. The number of fused-ring (bicyclic) bond motifs is 3. The van der Waals surface area contributed by atoms with Crippen LogP contribution in [-0.2, 0) is 43.8 Å². The van der Waals surface area contributed by atoms with E-state index in [-0.39, 0.29) is 58.7 Å². The summed E-state index contributed by atoms with van der Waals surface area (Å²) in [4.78, 5) is 58.4. The molecule has 6 saturated heterocycles. The van der Waals surface area contributed by atoms with Crippen LogP contribution in [0.4, 0.5) is 17.1 Å². The SMILES string of the molecule is N#Cc1cc(-c2ccnc3c2cc(-c2ccc(N4CCNCC4)cc2)n3S(=O)(=O)c2ccccc2)ccc1OC1CCOCC1.[C-]#[N+]CC(=O)N1CCN(c2ccc(-c3cc4c(-c5ccc(OC6CCOCC6)c(C#N)c5)ccnc4[nH]3)cc2)CC1.[C-]#[N+]CC(=O)N1CCN(c2ccc(-c3cc4c(-c5ccc(OC6CCOCC6)c(C#N)c5)ccnc4n3S(=O)(=O)c3ccccc3)cc2)CC1. The van der Waals surface area contributed by atoms with Crippen molar-refractivity contribution in [2.75, 3.05) is 146 Å². The number of aromatic nitrogens is 6. The zero-order valence-electron chi connectivity index (χ0n) is 74.6. The van der Waals surface area contributed by atoms with E-state index in [9.17, 15) is 42.2 Å². The van der Waals surface area contributed by atoms with Gasteiger partial charge in [-0.25, -0.2) is 52.9 Å². The highest BCUT2D eigenvalue weighted by Crippen LogP contribution is 2.43. The van der Waals surface area contributed by atoms with Crippen LogP contribution < -0.4 is 34.2 Å². The fraction of sp³-hybridized carbons (Fsp3) is 0.276. The Balaban J connectivity index is 0.000000137. The molecule has 6 aliphatic rings. The Hall–Kier alpha value is -15.2. The van der Waals surface area contributed by atoms with Crippen LogP contribution in [0.15, 0.2) is 253 Å². The van der Waals surface area contributed by atoms with E-state index in [4.69, 9.17) is 41.6 Å². The molecule has 0 saturated carbocycles. The summed E-state index contributed by atoms with van der Waals surface area (Å²) in [6, 6.07) is 75.9. The molecule has 136 heavy (non-hydrogen) atoms. The van der Waals surface area contributed by atoms with Crippen molar-refractivity contribution in [3.05, 3.63) is 283 Å². The molecule has 0 spiro atoms. The first-order valence-electron chi connectivity index (χ1n) is 45.5. The second-order valence-corrected chi connectivity index (χ2v) is 37.3. The fourth-order valence-corrected chi connectivity index (χ4v) is 21.2. The van der Waals surface area contributed by atoms with Gasteiger partial charge in [0.05, 0.1) is 77.5 Å². The second kappa shape index (κ2) is 41.5. The van der Waals surface area contributed by atoms with Crippen molar-refractivity contribution in [1.82, 2.24) is 43.0 Å². The molecular weight excluding hydrogens is 1760 g/mol. The summed E-state index contributed by atoms with van der Waals surface area (Å²) in [6.07, 6.45) is 9.75. The van der Waals surface area contributed by atoms with E-state index in [0.717, 1.165) is 156 Å². The Morgan fingerprint density at radius 2 is 0.735 bits per heavy atom. The average molecular weight is 1850 g/mol. The first-order chi connectivity index (χ1) is 66.5. The number of ether oxygens (including phenoxy) is 6. The van der Waals surface area contributed by atoms with Gasteiger partial charge in [-0.15, -0.1) is 0 Å². The zero-order valence-corrected chi connectivity index (χ0v) is 76.3. The highest BCUT2D eigenvalue weighted by Gasteiger charge is 2.33. The number of nitriles is 3. The number of pyridine rings is 3. The number of benzene rings is 8. The summed E-state index contributed by atoms with van der Waals surface area (Å²) < 4.78 is 94.6. The monoisotopic (exact) mass is 1850 g/mol. The molecule has 0 bridgehead atoms. The smallest absolute Gasteiger partial charge is 0.302 e. The summed E-state index contributed by atoms with van der Waals surface area (Å²) in [6.45, 7) is 26.3. The third-order valence-electron chi connectivity index (χ3n) is 25.4. The van der Waals surface area contributed by atoms with E-state index in [0.29, 0.717) is 146 Å². The number of nitrogens with zero attached hydrogens (tertiary/aromatic N) is 15. The van der Waals surface area contributed by atoms with Gasteiger partial charge in [0.2, 0.25) is 0 Å². The number of rotatable bonds is 21. The van der Waals surface area contributed by atoms with Crippen LogP contribution >= 0.6 is 0 Å². The van der Waals surface area contributed by atoms with E-state index < -0.39 is 20.0 Å². The summed E-state index contributed by atoms with van der Waals surface area (Å²) in [5.74, 6) is 1.41. The lowest BCUT2D eigenvalue weighted by atomic mass is 10.0. The first kappa shape index (κ1) is 91.3. The van der Waals surface area contributed by atoms with E-state index in [1.807, 2.05) is 115 Å². The maximum atomic E-state index is 14.3. The predicted octanol–water partition coefficient (Wildman–Crippen LogP) is 15.9. The largest absolute Gasteiger partial charge is 0.489 e.